The smallest absolute Gasteiger partial charge is 0.212 e. The minimum atomic E-state index is 0.0957. The van der Waals surface area contributed by atoms with Crippen LogP contribution in [0.25, 0.3) is 11.4 Å². The maximum absolute atomic E-state index is 5.21. The minimum Gasteiger partial charge on any atom is -0.497 e. The first-order valence-electron chi connectivity index (χ1n) is 7.45. The van der Waals surface area contributed by atoms with Crippen LogP contribution in [0.15, 0.2) is 53.7 Å². The second kappa shape index (κ2) is 6.09. The zero-order valence-corrected chi connectivity index (χ0v) is 14.1. The molecule has 1 N–H and O–H groups in total. The summed E-state index contributed by atoms with van der Waals surface area (Å²) in [5, 5.41) is 9.51. The average Bonchev–Trinajstić information content (AvgIpc) is 3.22. The highest BCUT2D eigenvalue weighted by Gasteiger charge is 2.28. The molecule has 4 rings (SSSR count). The third-order valence-corrected chi connectivity index (χ3v) is 4.96. The summed E-state index contributed by atoms with van der Waals surface area (Å²) in [5.74, 6) is 2.45. The number of benzene rings is 2. The predicted octanol–water partition coefficient (Wildman–Crippen LogP) is 3.31. The topological polar surface area (TPSA) is 61.2 Å². The molecule has 7 heteroatoms. The van der Waals surface area contributed by atoms with Crippen LogP contribution in [0.4, 0.5) is 0 Å². The summed E-state index contributed by atoms with van der Waals surface area (Å²) >= 11 is 1.64. The lowest BCUT2D eigenvalue weighted by molar-refractivity contribution is 0.414. The fourth-order valence-corrected chi connectivity index (χ4v) is 3.55. The Morgan fingerprint density at radius 1 is 0.917 bits per heavy atom. The van der Waals surface area contributed by atoms with Crippen molar-refractivity contribution in [3.05, 3.63) is 54.1 Å². The molecule has 0 aliphatic carbocycles. The van der Waals surface area contributed by atoms with E-state index >= 15 is 0 Å². The highest BCUT2D eigenvalue weighted by atomic mass is 32.2. The number of hydrogen-bond donors (Lipinski definition) is 1. The number of hydrogen-bond acceptors (Lipinski definition) is 6. The van der Waals surface area contributed by atoms with Gasteiger partial charge in [0.25, 0.3) is 0 Å². The molecule has 0 saturated carbocycles. The summed E-state index contributed by atoms with van der Waals surface area (Å²) in [6.07, 6.45) is 0. The van der Waals surface area contributed by atoms with Crippen molar-refractivity contribution < 1.29 is 9.47 Å². The average molecular weight is 340 g/mol. The van der Waals surface area contributed by atoms with E-state index in [1.807, 2.05) is 41.1 Å². The number of rotatable bonds is 4. The predicted molar refractivity (Wildman–Crippen MR) is 93.0 cm³/mol. The molecule has 2 heterocycles. The first kappa shape index (κ1) is 14.9. The van der Waals surface area contributed by atoms with Crippen molar-refractivity contribution in [1.82, 2.24) is 14.9 Å². The van der Waals surface area contributed by atoms with Crippen molar-refractivity contribution in [3.63, 3.8) is 0 Å². The third-order valence-electron chi connectivity index (χ3n) is 3.87. The van der Waals surface area contributed by atoms with Crippen molar-refractivity contribution in [3.8, 4) is 22.9 Å². The minimum absolute atomic E-state index is 0.0957. The zero-order chi connectivity index (χ0) is 16.5. The second-order valence-corrected chi connectivity index (χ2v) is 6.34. The van der Waals surface area contributed by atoms with Crippen LogP contribution in [0.1, 0.15) is 10.9 Å². The SMILES string of the molecule is COc1ccc(-c2nnc3n2NC(c2ccc(OC)cc2)S3)cc1. The van der Waals surface area contributed by atoms with E-state index in [4.69, 9.17) is 9.47 Å². The third kappa shape index (κ3) is 2.56. The Bertz CT molecular complexity index is 846. The lowest BCUT2D eigenvalue weighted by atomic mass is 10.2. The Kier molecular flexibility index (Phi) is 3.78. The molecule has 0 fully saturated rings. The summed E-state index contributed by atoms with van der Waals surface area (Å²) in [6, 6.07) is 15.8. The Hall–Kier alpha value is -2.67. The van der Waals surface area contributed by atoms with Crippen molar-refractivity contribution in [1.29, 1.82) is 0 Å². The molecule has 0 spiro atoms. The molecule has 1 aliphatic rings. The molecule has 2 aromatic carbocycles. The molecular formula is C17H16N4O2S. The maximum atomic E-state index is 5.21. The Labute approximate surface area is 143 Å². The van der Waals surface area contributed by atoms with Gasteiger partial charge in [0, 0.05) is 5.56 Å². The van der Waals surface area contributed by atoms with Gasteiger partial charge in [0.1, 0.15) is 16.9 Å². The number of methoxy groups -OCH3 is 2. The van der Waals surface area contributed by atoms with Gasteiger partial charge in [-0.15, -0.1) is 10.2 Å². The van der Waals surface area contributed by atoms with Gasteiger partial charge in [-0.1, -0.05) is 23.9 Å². The number of nitrogens with one attached hydrogen (secondary N) is 1. The van der Waals surface area contributed by atoms with Crippen LogP contribution in [0.5, 0.6) is 11.5 Å². The molecular weight excluding hydrogens is 324 g/mol. The molecule has 0 radical (unpaired) electrons. The molecule has 1 unspecified atom stereocenters. The lowest BCUT2D eigenvalue weighted by Gasteiger charge is -2.12. The van der Waals surface area contributed by atoms with E-state index in [2.05, 4.69) is 27.8 Å². The van der Waals surface area contributed by atoms with Gasteiger partial charge < -0.3 is 14.9 Å². The summed E-state index contributed by atoms with van der Waals surface area (Å²) in [6.45, 7) is 0. The van der Waals surface area contributed by atoms with E-state index in [0.29, 0.717) is 0 Å². The molecule has 0 bridgehead atoms. The van der Waals surface area contributed by atoms with E-state index in [1.165, 1.54) is 0 Å². The van der Waals surface area contributed by atoms with Gasteiger partial charge >= 0.3 is 0 Å². The zero-order valence-electron chi connectivity index (χ0n) is 13.3. The van der Waals surface area contributed by atoms with E-state index in [1.54, 1.807) is 26.0 Å². The Morgan fingerprint density at radius 3 is 2.17 bits per heavy atom. The molecule has 24 heavy (non-hydrogen) atoms. The number of aromatic nitrogens is 3. The van der Waals surface area contributed by atoms with Crippen LogP contribution < -0.4 is 14.9 Å². The molecule has 1 aliphatic heterocycles. The molecule has 0 amide bonds. The van der Waals surface area contributed by atoms with Crippen LogP contribution in [0.3, 0.4) is 0 Å². The summed E-state index contributed by atoms with van der Waals surface area (Å²) in [4.78, 5) is 0. The quantitative estimate of drug-likeness (QED) is 0.786. The van der Waals surface area contributed by atoms with E-state index in [0.717, 1.165) is 33.6 Å². The lowest BCUT2D eigenvalue weighted by Crippen LogP contribution is -2.13. The largest absolute Gasteiger partial charge is 0.497 e. The van der Waals surface area contributed by atoms with E-state index in [9.17, 15) is 0 Å². The number of thioether (sulfide) groups is 1. The fourth-order valence-electron chi connectivity index (χ4n) is 2.56. The van der Waals surface area contributed by atoms with Gasteiger partial charge in [0.05, 0.1) is 14.2 Å². The number of fused-ring (bicyclic) bond motifs is 1. The molecule has 0 saturated heterocycles. The van der Waals surface area contributed by atoms with Gasteiger partial charge in [-0.25, -0.2) is 4.68 Å². The molecule has 1 aromatic heterocycles. The Balaban J connectivity index is 1.59. The second-order valence-electron chi connectivity index (χ2n) is 5.27. The van der Waals surface area contributed by atoms with E-state index < -0.39 is 0 Å². The van der Waals surface area contributed by atoms with Crippen molar-refractivity contribution in [2.24, 2.45) is 0 Å². The van der Waals surface area contributed by atoms with Gasteiger partial charge in [-0.3, -0.25) is 0 Å². The summed E-state index contributed by atoms with van der Waals surface area (Å²) < 4.78 is 12.3. The van der Waals surface area contributed by atoms with Crippen LogP contribution in [-0.4, -0.2) is 29.1 Å². The molecule has 1 atom stereocenters. The molecule has 3 aromatic rings. The van der Waals surface area contributed by atoms with Gasteiger partial charge in [0.2, 0.25) is 5.16 Å². The maximum Gasteiger partial charge on any atom is 0.212 e. The van der Waals surface area contributed by atoms with Crippen LogP contribution >= 0.6 is 11.8 Å². The fraction of sp³-hybridized carbons (Fsp3) is 0.176. The normalized spacial score (nSPS) is 15.7. The number of nitrogens with zero attached hydrogens (tertiary/aromatic N) is 3. The highest BCUT2D eigenvalue weighted by molar-refractivity contribution is 7.99. The van der Waals surface area contributed by atoms with Crippen molar-refractivity contribution in [2.75, 3.05) is 19.6 Å². The summed E-state index contributed by atoms with van der Waals surface area (Å²) in [7, 11) is 3.32. The van der Waals surface area contributed by atoms with Gasteiger partial charge in [-0.05, 0) is 42.0 Å². The highest BCUT2D eigenvalue weighted by Crippen LogP contribution is 2.40. The van der Waals surface area contributed by atoms with Crippen LogP contribution in [0.2, 0.25) is 0 Å². The van der Waals surface area contributed by atoms with Gasteiger partial charge in [-0.2, -0.15) is 0 Å². The van der Waals surface area contributed by atoms with Crippen molar-refractivity contribution in [2.45, 2.75) is 10.5 Å². The Morgan fingerprint density at radius 2 is 1.54 bits per heavy atom. The molecule has 122 valence electrons. The first-order chi connectivity index (χ1) is 11.8. The molecule has 6 nitrogen and oxygen atoms in total. The standard InChI is InChI=1S/C17H16N4O2S/c1-22-13-7-3-11(4-8-13)15-18-19-17-21(15)20-16(24-17)12-5-9-14(23-2)10-6-12/h3-10,16,20H,1-2H3. The van der Waals surface area contributed by atoms with Crippen LogP contribution in [-0.2, 0) is 0 Å². The monoisotopic (exact) mass is 340 g/mol. The summed E-state index contributed by atoms with van der Waals surface area (Å²) in [5.41, 5.74) is 5.59. The van der Waals surface area contributed by atoms with Crippen molar-refractivity contribution >= 4 is 11.8 Å². The van der Waals surface area contributed by atoms with Crippen LogP contribution in [0, 0.1) is 0 Å². The first-order valence-corrected chi connectivity index (χ1v) is 8.33. The van der Waals surface area contributed by atoms with Gasteiger partial charge in [0.15, 0.2) is 5.82 Å². The number of ether oxygens (including phenoxy) is 2. The van der Waals surface area contributed by atoms with E-state index in [-0.39, 0.29) is 5.37 Å².